The number of carbonyl (C=O) groups excluding carboxylic acids is 2. The summed E-state index contributed by atoms with van der Waals surface area (Å²) in [6.07, 6.45) is 3.88. The maximum absolute atomic E-state index is 11.2. The second-order valence-corrected chi connectivity index (χ2v) is 4.20. The van der Waals surface area contributed by atoms with E-state index in [2.05, 4.69) is 10.3 Å². The van der Waals surface area contributed by atoms with Crippen LogP contribution in [0.2, 0.25) is 0 Å². The molecule has 2 heterocycles. The Balaban J connectivity index is 1.99. The molecule has 1 aliphatic heterocycles. The number of hydrogen-bond donors (Lipinski definition) is 1. The van der Waals surface area contributed by atoms with E-state index in [0.717, 1.165) is 11.1 Å². The van der Waals surface area contributed by atoms with Crippen LogP contribution in [0, 0.1) is 0 Å². The topological polar surface area (TPSA) is 68.3 Å². The van der Waals surface area contributed by atoms with E-state index in [-0.39, 0.29) is 11.9 Å². The lowest BCUT2D eigenvalue weighted by atomic mass is 10.0. The van der Waals surface area contributed by atoms with Gasteiger partial charge >= 0.3 is 5.97 Å². The Bertz CT molecular complexity index is 471. The van der Waals surface area contributed by atoms with Gasteiger partial charge in [0.05, 0.1) is 6.61 Å². The van der Waals surface area contributed by atoms with Gasteiger partial charge in [-0.15, -0.1) is 0 Å². The maximum atomic E-state index is 11.2. The highest BCUT2D eigenvalue weighted by atomic mass is 16.5. The number of esters is 1. The van der Waals surface area contributed by atoms with Crippen LogP contribution in [-0.4, -0.2) is 23.5 Å². The highest BCUT2D eigenvalue weighted by Crippen LogP contribution is 2.21. The number of hydrogen-bond acceptors (Lipinski definition) is 4. The van der Waals surface area contributed by atoms with Crippen molar-refractivity contribution in [2.45, 2.75) is 32.6 Å². The standard InChI is InChI=1S/C13H16N2O3/c1-2-18-12(17)6-3-9-7-10-4-5-11(16)15-13(10)14-8-9/h7-8H,2-6H2,1H3,(H,14,15,16). The minimum Gasteiger partial charge on any atom is -0.466 e. The summed E-state index contributed by atoms with van der Waals surface area (Å²) in [6.45, 7) is 2.20. The lowest BCUT2D eigenvalue weighted by molar-refractivity contribution is -0.143. The van der Waals surface area contributed by atoms with Gasteiger partial charge in [-0.25, -0.2) is 4.98 Å². The molecule has 5 heteroatoms. The van der Waals surface area contributed by atoms with Crippen LogP contribution >= 0.6 is 0 Å². The molecule has 1 aromatic rings. The fourth-order valence-corrected chi connectivity index (χ4v) is 1.92. The smallest absolute Gasteiger partial charge is 0.306 e. The van der Waals surface area contributed by atoms with Crippen molar-refractivity contribution < 1.29 is 14.3 Å². The van der Waals surface area contributed by atoms with Crippen LogP contribution in [0.25, 0.3) is 0 Å². The Kier molecular flexibility index (Phi) is 3.92. The molecule has 0 fully saturated rings. The molecule has 1 N–H and O–H groups in total. The molecule has 96 valence electrons. The number of nitrogens with zero attached hydrogens (tertiary/aromatic N) is 1. The highest BCUT2D eigenvalue weighted by molar-refractivity contribution is 5.92. The van der Waals surface area contributed by atoms with Crippen molar-refractivity contribution in [2.24, 2.45) is 0 Å². The van der Waals surface area contributed by atoms with E-state index >= 15 is 0 Å². The van der Waals surface area contributed by atoms with E-state index in [4.69, 9.17) is 4.74 Å². The third-order valence-electron chi connectivity index (χ3n) is 2.83. The molecule has 0 saturated heterocycles. The van der Waals surface area contributed by atoms with Gasteiger partial charge in [0, 0.05) is 19.0 Å². The van der Waals surface area contributed by atoms with Crippen molar-refractivity contribution in [3.8, 4) is 0 Å². The van der Waals surface area contributed by atoms with Gasteiger partial charge in [0.25, 0.3) is 0 Å². The van der Waals surface area contributed by atoms with Crippen molar-refractivity contribution in [1.82, 2.24) is 4.98 Å². The van der Waals surface area contributed by atoms with Crippen molar-refractivity contribution in [3.05, 3.63) is 23.4 Å². The first kappa shape index (κ1) is 12.5. The van der Waals surface area contributed by atoms with Crippen LogP contribution in [0.15, 0.2) is 12.3 Å². The molecule has 2 rings (SSSR count). The summed E-state index contributed by atoms with van der Waals surface area (Å²) < 4.78 is 4.87. The molecule has 5 nitrogen and oxygen atoms in total. The van der Waals surface area contributed by atoms with Crippen LogP contribution in [-0.2, 0) is 27.2 Å². The van der Waals surface area contributed by atoms with Gasteiger partial charge in [0.2, 0.25) is 5.91 Å². The summed E-state index contributed by atoms with van der Waals surface area (Å²) in [5.41, 5.74) is 2.04. The van der Waals surface area contributed by atoms with Crippen molar-refractivity contribution in [3.63, 3.8) is 0 Å². The molecule has 0 bridgehead atoms. The number of ether oxygens (including phenoxy) is 1. The number of amides is 1. The van der Waals surface area contributed by atoms with Crippen molar-refractivity contribution >= 4 is 17.7 Å². The summed E-state index contributed by atoms with van der Waals surface area (Å²) in [5, 5.41) is 2.73. The number of pyridine rings is 1. The SMILES string of the molecule is CCOC(=O)CCc1cnc2c(c1)CCC(=O)N2. The summed E-state index contributed by atoms with van der Waals surface area (Å²) in [6, 6.07) is 2.00. The Labute approximate surface area is 106 Å². The normalized spacial score (nSPS) is 13.7. The number of nitrogens with one attached hydrogen (secondary N) is 1. The Morgan fingerprint density at radius 3 is 3.11 bits per heavy atom. The van der Waals surface area contributed by atoms with E-state index in [1.807, 2.05) is 6.07 Å². The number of aromatic nitrogens is 1. The highest BCUT2D eigenvalue weighted by Gasteiger charge is 2.16. The van der Waals surface area contributed by atoms with Crippen LogP contribution in [0.3, 0.4) is 0 Å². The fourth-order valence-electron chi connectivity index (χ4n) is 1.92. The zero-order valence-electron chi connectivity index (χ0n) is 10.4. The molecule has 1 aliphatic rings. The minimum absolute atomic E-state index is 0.00859. The number of carbonyl (C=O) groups is 2. The lowest BCUT2D eigenvalue weighted by Crippen LogP contribution is -2.20. The first-order valence-corrected chi connectivity index (χ1v) is 6.12. The van der Waals surface area contributed by atoms with Gasteiger partial charge < -0.3 is 10.1 Å². The monoisotopic (exact) mass is 248 g/mol. The largest absolute Gasteiger partial charge is 0.466 e. The van der Waals surface area contributed by atoms with Crippen LogP contribution in [0.5, 0.6) is 0 Å². The summed E-state index contributed by atoms with van der Waals surface area (Å²) in [7, 11) is 0. The third-order valence-corrected chi connectivity index (χ3v) is 2.83. The van der Waals surface area contributed by atoms with Crippen molar-refractivity contribution in [2.75, 3.05) is 11.9 Å². The Hall–Kier alpha value is -1.91. The fraction of sp³-hybridized carbons (Fsp3) is 0.462. The summed E-state index contributed by atoms with van der Waals surface area (Å²) in [4.78, 5) is 26.6. The average Bonchev–Trinajstić information content (AvgIpc) is 2.36. The molecular weight excluding hydrogens is 232 g/mol. The lowest BCUT2D eigenvalue weighted by Gasteiger charge is -2.16. The zero-order chi connectivity index (χ0) is 13.0. The van der Waals surface area contributed by atoms with Gasteiger partial charge in [0.15, 0.2) is 0 Å². The Morgan fingerprint density at radius 2 is 2.33 bits per heavy atom. The predicted molar refractivity (Wildman–Crippen MR) is 66.1 cm³/mol. The molecule has 0 radical (unpaired) electrons. The number of aryl methyl sites for hydroxylation is 2. The maximum Gasteiger partial charge on any atom is 0.306 e. The number of fused-ring (bicyclic) bond motifs is 1. The first-order valence-electron chi connectivity index (χ1n) is 6.12. The van der Waals surface area contributed by atoms with E-state index in [1.165, 1.54) is 0 Å². The van der Waals surface area contributed by atoms with Gasteiger partial charge in [0.1, 0.15) is 5.82 Å². The van der Waals surface area contributed by atoms with E-state index < -0.39 is 0 Å². The molecule has 0 atom stereocenters. The van der Waals surface area contributed by atoms with Gasteiger partial charge in [-0.1, -0.05) is 6.07 Å². The van der Waals surface area contributed by atoms with Gasteiger partial charge in [-0.05, 0) is 30.9 Å². The molecular formula is C13H16N2O3. The second-order valence-electron chi connectivity index (χ2n) is 4.20. The number of rotatable bonds is 4. The molecule has 0 unspecified atom stereocenters. The molecule has 0 aliphatic carbocycles. The Morgan fingerprint density at radius 1 is 1.50 bits per heavy atom. The quantitative estimate of drug-likeness (QED) is 0.819. The van der Waals surface area contributed by atoms with Crippen LogP contribution < -0.4 is 5.32 Å². The third kappa shape index (κ3) is 3.06. The van der Waals surface area contributed by atoms with E-state index in [9.17, 15) is 9.59 Å². The van der Waals surface area contributed by atoms with Crippen molar-refractivity contribution in [1.29, 1.82) is 0 Å². The molecule has 0 aromatic carbocycles. The van der Waals surface area contributed by atoms with Crippen LogP contribution in [0.4, 0.5) is 5.82 Å². The van der Waals surface area contributed by atoms with Gasteiger partial charge in [-0.2, -0.15) is 0 Å². The van der Waals surface area contributed by atoms with E-state index in [0.29, 0.717) is 38.1 Å². The summed E-state index contributed by atoms with van der Waals surface area (Å²) in [5.74, 6) is 0.462. The molecule has 0 saturated carbocycles. The number of anilines is 1. The van der Waals surface area contributed by atoms with E-state index in [1.54, 1.807) is 13.1 Å². The molecule has 1 amide bonds. The molecule has 18 heavy (non-hydrogen) atoms. The van der Waals surface area contributed by atoms with Gasteiger partial charge in [-0.3, -0.25) is 9.59 Å². The molecule has 1 aromatic heterocycles. The van der Waals surface area contributed by atoms with Crippen LogP contribution in [0.1, 0.15) is 30.9 Å². The molecule has 0 spiro atoms. The predicted octanol–water partition coefficient (Wildman–Crippen LogP) is 1.46. The first-order chi connectivity index (χ1) is 8.69. The minimum atomic E-state index is -0.191. The average molecular weight is 248 g/mol. The second kappa shape index (κ2) is 5.62. The zero-order valence-corrected chi connectivity index (χ0v) is 10.4. The summed E-state index contributed by atoms with van der Waals surface area (Å²) >= 11 is 0.